The predicted octanol–water partition coefficient (Wildman–Crippen LogP) is 2.00. The van der Waals surface area contributed by atoms with Gasteiger partial charge in [0.25, 0.3) is 0 Å². The molecule has 128 valence electrons. The van der Waals surface area contributed by atoms with Crippen molar-refractivity contribution in [1.29, 1.82) is 0 Å². The second kappa shape index (κ2) is 6.89. The second-order valence-electron chi connectivity index (χ2n) is 7.59. The van der Waals surface area contributed by atoms with Gasteiger partial charge in [-0.2, -0.15) is 0 Å². The van der Waals surface area contributed by atoms with Crippen LogP contribution in [0.15, 0.2) is 12.1 Å². The average Bonchev–Trinajstić information content (AvgIpc) is 2.53. The first-order valence-corrected chi connectivity index (χ1v) is 8.81. The van der Waals surface area contributed by atoms with Crippen LogP contribution in [0.2, 0.25) is 0 Å². The Morgan fingerprint density at radius 2 is 1.87 bits per heavy atom. The first-order chi connectivity index (χ1) is 11.0. The monoisotopic (exact) mass is 319 g/mol. The molecule has 3 rings (SSSR count). The number of aliphatic hydroxyl groups excluding tert-OH is 3. The van der Waals surface area contributed by atoms with Gasteiger partial charge in [-0.15, -0.1) is 0 Å². The fraction of sp³-hybridized carbons (Fsp3) is 0.684. The molecule has 0 radical (unpaired) electrons. The van der Waals surface area contributed by atoms with Crippen LogP contribution in [-0.4, -0.2) is 39.4 Å². The maximum atomic E-state index is 10.6. The van der Waals surface area contributed by atoms with Crippen LogP contribution in [0.25, 0.3) is 0 Å². The lowest BCUT2D eigenvalue weighted by atomic mass is 9.78. The maximum absolute atomic E-state index is 10.6. The summed E-state index contributed by atoms with van der Waals surface area (Å²) in [6, 6.07) is 4.34. The standard InChI is InChI=1S/C19H29NO3/c1-12(2)5-14-9-20-4-3-13-6-15(10-21)16(11-22)7-17(13)18(20)8-19(14)23/h6-7,12,14,18-19,21-23H,3-5,8-11H2,1-2H3/t14-,18-,19-/m1/s1. The van der Waals surface area contributed by atoms with E-state index in [4.69, 9.17) is 0 Å². The quantitative estimate of drug-likeness (QED) is 0.794. The summed E-state index contributed by atoms with van der Waals surface area (Å²) in [5, 5.41) is 29.6. The van der Waals surface area contributed by atoms with Gasteiger partial charge in [0.2, 0.25) is 0 Å². The van der Waals surface area contributed by atoms with Crippen molar-refractivity contribution in [1.82, 2.24) is 4.90 Å². The van der Waals surface area contributed by atoms with Gasteiger partial charge in [0, 0.05) is 19.1 Å². The molecule has 23 heavy (non-hydrogen) atoms. The van der Waals surface area contributed by atoms with Crippen LogP contribution < -0.4 is 0 Å². The third-order valence-electron chi connectivity index (χ3n) is 5.52. The third kappa shape index (κ3) is 3.31. The highest BCUT2D eigenvalue weighted by atomic mass is 16.3. The molecular weight excluding hydrogens is 290 g/mol. The molecule has 1 fully saturated rings. The van der Waals surface area contributed by atoms with Crippen LogP contribution in [0.1, 0.15) is 55.0 Å². The fourth-order valence-corrected chi connectivity index (χ4v) is 4.37. The summed E-state index contributed by atoms with van der Waals surface area (Å²) >= 11 is 0. The lowest BCUT2D eigenvalue weighted by Crippen LogP contribution is -2.48. The number of piperidine rings is 1. The van der Waals surface area contributed by atoms with Gasteiger partial charge in [0.1, 0.15) is 0 Å². The third-order valence-corrected chi connectivity index (χ3v) is 5.52. The molecule has 0 aromatic heterocycles. The summed E-state index contributed by atoms with van der Waals surface area (Å²) in [5.74, 6) is 0.971. The Bertz CT molecular complexity index is 558. The number of fused-ring (bicyclic) bond motifs is 3. The van der Waals surface area contributed by atoms with Crippen molar-refractivity contribution in [3.05, 3.63) is 34.4 Å². The van der Waals surface area contributed by atoms with Gasteiger partial charge in [-0.1, -0.05) is 26.0 Å². The molecule has 0 unspecified atom stereocenters. The van der Waals surface area contributed by atoms with E-state index in [1.165, 1.54) is 11.1 Å². The van der Waals surface area contributed by atoms with Crippen molar-refractivity contribution in [3.63, 3.8) is 0 Å². The van der Waals surface area contributed by atoms with Crippen LogP contribution in [-0.2, 0) is 19.6 Å². The van der Waals surface area contributed by atoms with E-state index < -0.39 is 0 Å². The molecule has 1 aromatic rings. The van der Waals surface area contributed by atoms with Crippen LogP contribution >= 0.6 is 0 Å². The summed E-state index contributed by atoms with van der Waals surface area (Å²) in [5.41, 5.74) is 4.14. The van der Waals surface area contributed by atoms with E-state index in [0.29, 0.717) is 11.8 Å². The number of nitrogens with zero attached hydrogens (tertiary/aromatic N) is 1. The minimum absolute atomic E-state index is 0.0311. The largest absolute Gasteiger partial charge is 0.393 e. The number of aliphatic hydroxyl groups is 3. The maximum Gasteiger partial charge on any atom is 0.0685 e. The van der Waals surface area contributed by atoms with Gasteiger partial charge in [-0.05, 0) is 53.4 Å². The molecule has 1 aromatic carbocycles. The molecule has 2 aliphatic heterocycles. The summed E-state index contributed by atoms with van der Waals surface area (Å²) < 4.78 is 0. The molecule has 4 heteroatoms. The van der Waals surface area contributed by atoms with Crippen molar-refractivity contribution in [2.75, 3.05) is 13.1 Å². The minimum Gasteiger partial charge on any atom is -0.393 e. The SMILES string of the molecule is CC(C)C[C@@H]1CN2CCc3cc(CO)c(CO)cc3[C@H]2C[C@H]1O. The summed E-state index contributed by atoms with van der Waals surface area (Å²) in [7, 11) is 0. The van der Waals surface area contributed by atoms with E-state index in [0.717, 1.165) is 43.5 Å². The molecule has 0 bridgehead atoms. The first kappa shape index (κ1) is 16.9. The number of hydrogen-bond donors (Lipinski definition) is 3. The van der Waals surface area contributed by atoms with Crippen LogP contribution in [0.3, 0.4) is 0 Å². The highest BCUT2D eigenvalue weighted by molar-refractivity contribution is 5.41. The average molecular weight is 319 g/mol. The Labute approximate surface area is 138 Å². The Balaban J connectivity index is 1.87. The van der Waals surface area contributed by atoms with Crippen LogP contribution in [0.4, 0.5) is 0 Å². The molecule has 3 N–H and O–H groups in total. The van der Waals surface area contributed by atoms with E-state index in [2.05, 4.69) is 18.7 Å². The topological polar surface area (TPSA) is 63.9 Å². The van der Waals surface area contributed by atoms with Gasteiger partial charge in [-0.25, -0.2) is 0 Å². The van der Waals surface area contributed by atoms with Crippen LogP contribution in [0, 0.1) is 11.8 Å². The van der Waals surface area contributed by atoms with Gasteiger partial charge in [-0.3, -0.25) is 4.90 Å². The van der Waals surface area contributed by atoms with Gasteiger partial charge < -0.3 is 15.3 Å². The van der Waals surface area contributed by atoms with E-state index in [1.807, 2.05) is 12.1 Å². The van der Waals surface area contributed by atoms with E-state index >= 15 is 0 Å². The Kier molecular flexibility index (Phi) is 5.07. The summed E-state index contributed by atoms with van der Waals surface area (Å²) in [4.78, 5) is 2.50. The smallest absolute Gasteiger partial charge is 0.0685 e. The van der Waals surface area contributed by atoms with Crippen molar-refractivity contribution in [2.24, 2.45) is 11.8 Å². The summed E-state index contributed by atoms with van der Waals surface area (Å²) in [6.45, 7) is 6.33. The minimum atomic E-state index is -0.250. The zero-order valence-corrected chi connectivity index (χ0v) is 14.2. The normalized spacial score (nSPS) is 27.8. The van der Waals surface area contributed by atoms with Crippen molar-refractivity contribution < 1.29 is 15.3 Å². The zero-order valence-electron chi connectivity index (χ0n) is 14.2. The number of benzene rings is 1. The highest BCUT2D eigenvalue weighted by Crippen LogP contribution is 2.40. The van der Waals surface area contributed by atoms with Crippen molar-refractivity contribution in [3.8, 4) is 0 Å². The van der Waals surface area contributed by atoms with Crippen molar-refractivity contribution in [2.45, 2.75) is 58.5 Å². The molecule has 1 saturated heterocycles. The van der Waals surface area contributed by atoms with E-state index in [1.54, 1.807) is 0 Å². The second-order valence-corrected chi connectivity index (χ2v) is 7.59. The number of hydrogen-bond acceptors (Lipinski definition) is 4. The Morgan fingerprint density at radius 1 is 1.17 bits per heavy atom. The van der Waals surface area contributed by atoms with Crippen molar-refractivity contribution >= 4 is 0 Å². The first-order valence-electron chi connectivity index (χ1n) is 8.81. The van der Waals surface area contributed by atoms with Gasteiger partial charge in [0.15, 0.2) is 0 Å². The van der Waals surface area contributed by atoms with Gasteiger partial charge in [0.05, 0.1) is 19.3 Å². The molecule has 0 saturated carbocycles. The lowest BCUT2D eigenvalue weighted by molar-refractivity contribution is -0.0191. The molecule has 4 nitrogen and oxygen atoms in total. The predicted molar refractivity (Wildman–Crippen MR) is 89.9 cm³/mol. The van der Waals surface area contributed by atoms with Crippen LogP contribution in [0.5, 0.6) is 0 Å². The fourth-order valence-electron chi connectivity index (χ4n) is 4.37. The molecule has 0 spiro atoms. The molecule has 2 heterocycles. The highest BCUT2D eigenvalue weighted by Gasteiger charge is 2.38. The lowest BCUT2D eigenvalue weighted by Gasteiger charge is -2.46. The molecule has 0 amide bonds. The molecule has 2 aliphatic rings. The molecule has 0 aliphatic carbocycles. The molecular formula is C19H29NO3. The zero-order chi connectivity index (χ0) is 16.6. The summed E-state index contributed by atoms with van der Waals surface area (Å²) in [6.07, 6.45) is 2.57. The van der Waals surface area contributed by atoms with E-state index in [-0.39, 0.29) is 25.4 Å². The molecule has 3 atom stereocenters. The van der Waals surface area contributed by atoms with Gasteiger partial charge >= 0.3 is 0 Å². The Hall–Kier alpha value is -0.940. The van der Waals surface area contributed by atoms with E-state index in [9.17, 15) is 15.3 Å². The number of rotatable bonds is 4. The Morgan fingerprint density at radius 3 is 2.52 bits per heavy atom.